The number of amides is 1. The molecule has 1 aliphatic rings. The lowest BCUT2D eigenvalue weighted by atomic mass is 10.1. The van der Waals surface area contributed by atoms with E-state index in [2.05, 4.69) is 17.1 Å². The summed E-state index contributed by atoms with van der Waals surface area (Å²) in [5, 5.41) is 12.1. The lowest BCUT2D eigenvalue weighted by Crippen LogP contribution is -2.54. The fourth-order valence-corrected chi connectivity index (χ4v) is 2.24. The van der Waals surface area contributed by atoms with E-state index < -0.39 is 0 Å². The van der Waals surface area contributed by atoms with Crippen LogP contribution >= 0.6 is 0 Å². The average Bonchev–Trinajstić information content (AvgIpc) is 2.38. The number of nitrogens with zero attached hydrogens (tertiary/aromatic N) is 1. The number of carbonyl (C=O) groups excluding carboxylic acids is 1. The van der Waals surface area contributed by atoms with E-state index in [1.807, 2.05) is 13.8 Å². The Morgan fingerprint density at radius 3 is 2.89 bits per heavy atom. The molecule has 2 N–H and O–H groups in total. The molecule has 1 amide bonds. The number of hydrogen-bond acceptors (Lipinski definition) is 4. The van der Waals surface area contributed by atoms with E-state index in [4.69, 9.17) is 9.84 Å². The molecule has 0 aliphatic carbocycles. The first-order chi connectivity index (χ1) is 8.58. The highest BCUT2D eigenvalue weighted by Crippen LogP contribution is 2.09. The summed E-state index contributed by atoms with van der Waals surface area (Å²) >= 11 is 0. The molecule has 1 rings (SSSR count). The molecular formula is C13H26N2O3. The van der Waals surface area contributed by atoms with E-state index in [-0.39, 0.29) is 30.7 Å². The average molecular weight is 258 g/mol. The van der Waals surface area contributed by atoms with Crippen LogP contribution in [-0.2, 0) is 9.53 Å². The molecule has 3 atom stereocenters. The van der Waals surface area contributed by atoms with Gasteiger partial charge >= 0.3 is 0 Å². The Balaban J connectivity index is 2.42. The zero-order valence-electron chi connectivity index (χ0n) is 11.7. The third kappa shape index (κ3) is 4.55. The van der Waals surface area contributed by atoms with Crippen LogP contribution in [0.1, 0.15) is 33.6 Å². The van der Waals surface area contributed by atoms with Crippen molar-refractivity contribution in [3.8, 4) is 0 Å². The highest BCUT2D eigenvalue weighted by Gasteiger charge is 2.27. The van der Waals surface area contributed by atoms with Crippen molar-refractivity contribution in [2.24, 2.45) is 0 Å². The first kappa shape index (κ1) is 15.4. The minimum atomic E-state index is -0.165. The Labute approximate surface area is 109 Å². The van der Waals surface area contributed by atoms with Gasteiger partial charge in [-0.25, -0.2) is 0 Å². The normalized spacial score (nSPS) is 24.6. The van der Waals surface area contributed by atoms with E-state index in [1.54, 1.807) is 0 Å². The lowest BCUT2D eigenvalue weighted by molar-refractivity contribution is -0.130. The van der Waals surface area contributed by atoms with Gasteiger partial charge in [-0.05, 0) is 20.3 Å². The molecule has 0 spiro atoms. The fraction of sp³-hybridized carbons (Fsp3) is 0.923. The van der Waals surface area contributed by atoms with E-state index in [0.717, 1.165) is 19.4 Å². The predicted molar refractivity (Wildman–Crippen MR) is 70.4 cm³/mol. The van der Waals surface area contributed by atoms with Gasteiger partial charge < -0.3 is 15.2 Å². The van der Waals surface area contributed by atoms with Crippen LogP contribution in [0.5, 0.6) is 0 Å². The summed E-state index contributed by atoms with van der Waals surface area (Å²) in [5.74, 6) is 0.0644. The molecule has 106 valence electrons. The van der Waals surface area contributed by atoms with Crippen molar-refractivity contribution in [2.75, 3.05) is 26.3 Å². The Morgan fingerprint density at radius 2 is 2.28 bits per heavy atom. The van der Waals surface area contributed by atoms with Gasteiger partial charge in [0.25, 0.3) is 0 Å². The van der Waals surface area contributed by atoms with Crippen molar-refractivity contribution in [1.29, 1.82) is 0 Å². The number of morpholine rings is 1. The predicted octanol–water partition coefficient (Wildman–Crippen LogP) is 0.373. The van der Waals surface area contributed by atoms with Gasteiger partial charge in [-0.1, -0.05) is 13.3 Å². The summed E-state index contributed by atoms with van der Waals surface area (Å²) in [6.07, 6.45) is 1.91. The van der Waals surface area contributed by atoms with Gasteiger partial charge in [0.15, 0.2) is 0 Å². The molecule has 18 heavy (non-hydrogen) atoms. The van der Waals surface area contributed by atoms with Gasteiger partial charge in [-0.15, -0.1) is 0 Å². The largest absolute Gasteiger partial charge is 0.394 e. The zero-order valence-corrected chi connectivity index (χ0v) is 11.7. The van der Waals surface area contributed by atoms with Gasteiger partial charge in [0.2, 0.25) is 5.91 Å². The van der Waals surface area contributed by atoms with Gasteiger partial charge in [0.05, 0.1) is 25.4 Å². The highest BCUT2D eigenvalue weighted by atomic mass is 16.5. The Kier molecular flexibility index (Phi) is 6.60. The van der Waals surface area contributed by atoms with E-state index in [9.17, 15) is 4.79 Å². The summed E-state index contributed by atoms with van der Waals surface area (Å²) < 4.78 is 5.38. The summed E-state index contributed by atoms with van der Waals surface area (Å²) in [6.45, 7) is 8.00. The third-order valence-electron chi connectivity index (χ3n) is 3.41. The van der Waals surface area contributed by atoms with Crippen LogP contribution in [0.2, 0.25) is 0 Å². The summed E-state index contributed by atoms with van der Waals surface area (Å²) in [4.78, 5) is 14.1. The van der Waals surface area contributed by atoms with Crippen molar-refractivity contribution >= 4 is 5.91 Å². The first-order valence-electron chi connectivity index (χ1n) is 6.85. The molecule has 1 fully saturated rings. The summed E-state index contributed by atoms with van der Waals surface area (Å²) in [6, 6.07) is 0.0573. The number of carbonyl (C=O) groups is 1. The third-order valence-corrected chi connectivity index (χ3v) is 3.41. The van der Waals surface area contributed by atoms with Crippen molar-refractivity contribution in [3.05, 3.63) is 0 Å². The Hall–Kier alpha value is -0.650. The number of rotatable bonds is 6. The standard InChI is InChI=1S/C13H26N2O3/c1-4-5-10(2)14-13(17)11(3)15-6-7-18-12(8-15)9-16/h10-12,16H,4-9H2,1-3H3,(H,14,17). The van der Waals surface area contributed by atoms with Crippen molar-refractivity contribution < 1.29 is 14.6 Å². The second-order valence-corrected chi connectivity index (χ2v) is 5.04. The molecule has 1 saturated heterocycles. The van der Waals surface area contributed by atoms with Gasteiger partial charge in [-0.2, -0.15) is 0 Å². The van der Waals surface area contributed by atoms with Crippen LogP contribution in [0.15, 0.2) is 0 Å². The molecule has 5 nitrogen and oxygen atoms in total. The molecular weight excluding hydrogens is 232 g/mol. The number of ether oxygens (including phenoxy) is 1. The van der Waals surface area contributed by atoms with Crippen LogP contribution < -0.4 is 5.32 Å². The molecule has 0 bridgehead atoms. The van der Waals surface area contributed by atoms with Crippen LogP contribution in [-0.4, -0.2) is 60.4 Å². The van der Waals surface area contributed by atoms with E-state index in [0.29, 0.717) is 13.2 Å². The van der Waals surface area contributed by atoms with Crippen LogP contribution in [0.4, 0.5) is 0 Å². The van der Waals surface area contributed by atoms with E-state index >= 15 is 0 Å². The smallest absolute Gasteiger partial charge is 0.237 e. The van der Waals surface area contributed by atoms with Crippen molar-refractivity contribution in [3.63, 3.8) is 0 Å². The maximum Gasteiger partial charge on any atom is 0.237 e. The molecule has 1 heterocycles. The number of aliphatic hydroxyl groups is 1. The molecule has 3 unspecified atom stereocenters. The minimum Gasteiger partial charge on any atom is -0.394 e. The maximum atomic E-state index is 12.1. The molecule has 0 aromatic carbocycles. The topological polar surface area (TPSA) is 61.8 Å². The van der Waals surface area contributed by atoms with Crippen molar-refractivity contribution in [1.82, 2.24) is 10.2 Å². The first-order valence-corrected chi connectivity index (χ1v) is 6.85. The molecule has 0 aromatic rings. The fourth-order valence-electron chi connectivity index (χ4n) is 2.24. The quantitative estimate of drug-likeness (QED) is 0.723. The second kappa shape index (κ2) is 7.71. The lowest BCUT2D eigenvalue weighted by Gasteiger charge is -2.35. The Morgan fingerprint density at radius 1 is 1.56 bits per heavy atom. The maximum absolute atomic E-state index is 12.1. The van der Waals surface area contributed by atoms with Gasteiger partial charge in [0.1, 0.15) is 0 Å². The van der Waals surface area contributed by atoms with E-state index in [1.165, 1.54) is 0 Å². The van der Waals surface area contributed by atoms with Crippen molar-refractivity contribution in [2.45, 2.75) is 51.8 Å². The number of aliphatic hydroxyl groups excluding tert-OH is 1. The van der Waals surface area contributed by atoms with Gasteiger partial charge in [-0.3, -0.25) is 9.69 Å². The molecule has 5 heteroatoms. The SMILES string of the molecule is CCCC(C)NC(=O)C(C)N1CCOC(CO)C1. The van der Waals surface area contributed by atoms with Crippen LogP contribution in [0, 0.1) is 0 Å². The summed E-state index contributed by atoms with van der Waals surface area (Å²) in [5.41, 5.74) is 0. The number of hydrogen-bond donors (Lipinski definition) is 2. The molecule has 1 aliphatic heterocycles. The number of nitrogens with one attached hydrogen (secondary N) is 1. The molecule has 0 aromatic heterocycles. The molecule has 0 saturated carbocycles. The van der Waals surface area contributed by atoms with Gasteiger partial charge in [0, 0.05) is 19.1 Å². The minimum absolute atomic E-state index is 0.0110. The summed E-state index contributed by atoms with van der Waals surface area (Å²) in [7, 11) is 0. The van der Waals surface area contributed by atoms with Crippen LogP contribution in [0.3, 0.4) is 0 Å². The molecule has 0 radical (unpaired) electrons. The monoisotopic (exact) mass is 258 g/mol. The van der Waals surface area contributed by atoms with Crippen LogP contribution in [0.25, 0.3) is 0 Å². The Bertz CT molecular complexity index is 261. The zero-order chi connectivity index (χ0) is 13.5. The highest BCUT2D eigenvalue weighted by molar-refractivity contribution is 5.81. The second-order valence-electron chi connectivity index (χ2n) is 5.04.